The molecule has 0 aliphatic carbocycles. The Morgan fingerprint density at radius 2 is 2.33 bits per heavy atom. The van der Waals surface area contributed by atoms with Crippen molar-refractivity contribution < 1.29 is 0 Å². The molecule has 0 atom stereocenters. The van der Waals surface area contributed by atoms with Gasteiger partial charge in [-0.05, 0) is 0 Å². The van der Waals surface area contributed by atoms with Crippen LogP contribution in [0.4, 0.5) is 0 Å². The molecule has 0 amide bonds. The predicted molar refractivity (Wildman–Crippen MR) is 23.1 cm³/mol. The molecule has 0 unspecified atom stereocenters. The van der Waals surface area contributed by atoms with Gasteiger partial charge >= 0.3 is 35.2 Å². The third-order valence-electron chi connectivity index (χ3n) is 0.234. The first kappa shape index (κ1) is 5.26. The van der Waals surface area contributed by atoms with E-state index in [1.807, 2.05) is 0 Å². The molecular weight excluding hydrogens is 78.9 g/mol. The van der Waals surface area contributed by atoms with E-state index in [0.29, 0.717) is 0 Å². The van der Waals surface area contributed by atoms with Gasteiger partial charge in [0, 0.05) is 0 Å². The van der Waals surface area contributed by atoms with Gasteiger partial charge in [0.25, 0.3) is 0 Å². The van der Waals surface area contributed by atoms with Crippen molar-refractivity contribution in [3.05, 3.63) is 0 Å². The summed E-state index contributed by atoms with van der Waals surface area (Å²) < 4.78 is 0. The second kappa shape index (κ2) is 4.26. The molecule has 0 aliphatic rings. The van der Waals surface area contributed by atoms with Gasteiger partial charge in [-0.15, -0.1) is 0 Å². The van der Waals surface area contributed by atoms with Gasteiger partial charge in [0.15, 0.2) is 0 Å². The molecule has 0 fully saturated rings. The quantitative estimate of drug-likeness (QED) is 0.202. The van der Waals surface area contributed by atoms with Gasteiger partial charge in [0.1, 0.15) is 0 Å². The molecular formula is CH5BN4. The molecule has 0 bridgehead atoms. The van der Waals surface area contributed by atoms with Crippen molar-refractivity contribution in [1.29, 1.82) is 0 Å². The maximum atomic E-state index is 4.58. The molecule has 6 heavy (non-hydrogen) atoms. The minimum absolute atomic E-state index is 1.26. The molecule has 5 heteroatoms. The molecule has 2 N–H and O–H groups in total. The van der Waals surface area contributed by atoms with Crippen LogP contribution in [0.5, 0.6) is 0 Å². The van der Waals surface area contributed by atoms with E-state index in [1.165, 1.54) is 7.21 Å². The van der Waals surface area contributed by atoms with E-state index >= 15 is 0 Å². The maximum absolute atomic E-state index is 4.58. The van der Waals surface area contributed by atoms with Crippen molar-refractivity contribution in [3.63, 3.8) is 0 Å². The van der Waals surface area contributed by atoms with Crippen LogP contribution in [0.3, 0.4) is 0 Å². The number of nitrogens with zero attached hydrogens (tertiary/aromatic N) is 3. The normalized spacial score (nSPS) is 10.2. The fourth-order valence-corrected chi connectivity index (χ4v) is 0.0815. The third kappa shape index (κ3) is 3.26. The fraction of sp³-hybridized carbons (Fsp3) is 1.00. The molecule has 0 aromatic rings. The molecule has 0 heterocycles. The van der Waals surface area contributed by atoms with Crippen LogP contribution in [-0.2, 0) is 0 Å². The Morgan fingerprint density at radius 1 is 1.67 bits per heavy atom. The van der Waals surface area contributed by atoms with E-state index in [4.69, 9.17) is 0 Å². The van der Waals surface area contributed by atoms with Crippen LogP contribution in [0.2, 0.25) is 0 Å². The second-order valence-corrected chi connectivity index (χ2v) is 0.605. The summed E-state index contributed by atoms with van der Waals surface area (Å²) in [6.45, 7) is 0. The molecule has 0 saturated carbocycles. The van der Waals surface area contributed by atoms with Crippen LogP contribution in [0.15, 0.2) is 15.1 Å². The standard InChI is InChI=1S/CH5BN4/c1-4-2-5-6-3/h1H3,(H2,3,5). The Balaban J connectivity index is 3.07. The fourth-order valence-electron chi connectivity index (χ4n) is 0.0815. The van der Waals surface area contributed by atoms with E-state index in [9.17, 15) is 0 Å². The minimum atomic E-state index is 1.26. The summed E-state index contributed by atoms with van der Waals surface area (Å²) in [6.07, 6.45) is 0. The average Bonchev–Trinajstić information content (AvgIpc) is 1.61. The van der Waals surface area contributed by atoms with E-state index < -0.39 is 0 Å². The molecule has 0 aliphatic heterocycles. The number of nitrogens with two attached hydrogens (primary N) is 1. The van der Waals surface area contributed by atoms with Gasteiger partial charge < -0.3 is 0 Å². The van der Waals surface area contributed by atoms with Gasteiger partial charge in [-0.25, -0.2) is 0 Å². The van der Waals surface area contributed by atoms with Crippen LogP contribution < -0.4 is 5.84 Å². The summed E-state index contributed by atoms with van der Waals surface area (Å²) >= 11 is 0. The van der Waals surface area contributed by atoms with Crippen LogP contribution >= 0.6 is 0 Å². The van der Waals surface area contributed by atoms with Crippen molar-refractivity contribution in [2.75, 3.05) is 7.05 Å². The molecule has 0 spiro atoms. The zero-order valence-corrected chi connectivity index (χ0v) is 3.50. The molecule has 0 aromatic heterocycles. The summed E-state index contributed by atoms with van der Waals surface area (Å²) in [5.74, 6) is 4.58. The summed E-state index contributed by atoms with van der Waals surface area (Å²) in [5.41, 5.74) is 0. The topological polar surface area (TPSA) is 63.1 Å². The van der Waals surface area contributed by atoms with Crippen molar-refractivity contribution in [2.45, 2.75) is 0 Å². The zero-order chi connectivity index (χ0) is 4.83. The summed E-state index contributed by atoms with van der Waals surface area (Å²) in [5, 5.41) is 6.10. The van der Waals surface area contributed by atoms with Crippen LogP contribution in [0.25, 0.3) is 0 Å². The first-order valence-electron chi connectivity index (χ1n) is 1.42. The van der Waals surface area contributed by atoms with Crippen molar-refractivity contribution in [1.82, 2.24) is 0 Å². The van der Waals surface area contributed by atoms with Crippen molar-refractivity contribution >= 4 is 7.21 Å². The van der Waals surface area contributed by atoms with E-state index in [-0.39, 0.29) is 0 Å². The zero-order valence-electron chi connectivity index (χ0n) is 3.50. The summed E-state index contributed by atoms with van der Waals surface area (Å²) in [7, 11) is 2.86. The van der Waals surface area contributed by atoms with Gasteiger partial charge in [-0.2, -0.15) is 0 Å². The number of hydrogen-bond acceptors (Lipinski definition) is 2. The second-order valence-electron chi connectivity index (χ2n) is 0.605. The van der Waals surface area contributed by atoms with Crippen LogP contribution in [-0.4, -0.2) is 14.3 Å². The van der Waals surface area contributed by atoms with Crippen LogP contribution in [0.1, 0.15) is 0 Å². The van der Waals surface area contributed by atoms with Crippen molar-refractivity contribution in [3.8, 4) is 0 Å². The molecule has 0 radical (unpaired) electrons. The summed E-state index contributed by atoms with van der Waals surface area (Å²) in [6, 6.07) is 0. The first-order chi connectivity index (χ1) is 2.91. The Morgan fingerprint density at radius 3 is 2.50 bits per heavy atom. The Hall–Kier alpha value is -0.735. The van der Waals surface area contributed by atoms with Gasteiger partial charge in [-0.1, -0.05) is 0 Å². The predicted octanol–water partition coefficient (Wildman–Crippen LogP) is -0.255. The van der Waals surface area contributed by atoms with Crippen LogP contribution in [0, 0.1) is 0 Å². The first-order valence-corrected chi connectivity index (χ1v) is 1.42. The van der Waals surface area contributed by atoms with Gasteiger partial charge in [0.2, 0.25) is 0 Å². The Labute approximate surface area is 36.4 Å². The number of rotatable bonds is 1. The van der Waals surface area contributed by atoms with Crippen molar-refractivity contribution in [2.24, 2.45) is 21.0 Å². The Bertz CT molecular complexity index is 55.9. The Kier molecular flexibility index (Phi) is 3.74. The monoisotopic (exact) mass is 84.1 g/mol. The van der Waals surface area contributed by atoms with Gasteiger partial charge in [0.05, 0.1) is 0 Å². The van der Waals surface area contributed by atoms with E-state index in [0.717, 1.165) is 0 Å². The molecule has 32 valence electrons. The van der Waals surface area contributed by atoms with E-state index in [2.05, 4.69) is 21.0 Å². The molecule has 0 aromatic carbocycles. The van der Waals surface area contributed by atoms with Gasteiger partial charge in [-0.3, -0.25) is 0 Å². The average molecular weight is 83.9 g/mol. The third-order valence-corrected chi connectivity index (χ3v) is 0.234. The SMILES string of the molecule is CN=BN=NN. The molecule has 4 nitrogen and oxygen atoms in total. The molecule has 0 saturated heterocycles. The van der Waals surface area contributed by atoms with E-state index in [1.54, 1.807) is 7.05 Å². The molecule has 0 rings (SSSR count). The number of hydrogen-bond donors (Lipinski definition) is 1. The summed E-state index contributed by atoms with van der Waals surface area (Å²) in [4.78, 5) is 3.46.